The summed E-state index contributed by atoms with van der Waals surface area (Å²) < 4.78 is 5.90. The molecule has 0 aromatic carbocycles. The Labute approximate surface area is 110 Å². The van der Waals surface area contributed by atoms with Crippen LogP contribution in [0.3, 0.4) is 0 Å². The number of carbonyl (C=O) groups excluding carboxylic acids is 1. The van der Waals surface area contributed by atoms with Crippen LogP contribution in [0.2, 0.25) is 4.34 Å². The molecule has 0 bridgehead atoms. The lowest BCUT2D eigenvalue weighted by molar-refractivity contribution is 0.0383. The SMILES string of the molecule is O=C(NCCN1CCOCC1)c1ccc(Cl)s1. The third-order valence-corrected chi connectivity index (χ3v) is 3.84. The number of nitrogens with zero attached hydrogens (tertiary/aromatic N) is 1. The summed E-state index contributed by atoms with van der Waals surface area (Å²) in [4.78, 5) is 14.6. The fourth-order valence-corrected chi connectivity index (χ4v) is 2.64. The van der Waals surface area contributed by atoms with Crippen molar-refractivity contribution in [3.8, 4) is 0 Å². The van der Waals surface area contributed by atoms with Crippen LogP contribution in [0.4, 0.5) is 0 Å². The first kappa shape index (κ1) is 12.8. The van der Waals surface area contributed by atoms with E-state index in [0.29, 0.717) is 15.8 Å². The van der Waals surface area contributed by atoms with Gasteiger partial charge in [0.15, 0.2) is 0 Å². The van der Waals surface area contributed by atoms with Gasteiger partial charge >= 0.3 is 0 Å². The van der Waals surface area contributed by atoms with Crippen LogP contribution in [0.1, 0.15) is 9.67 Å². The Balaban J connectivity index is 1.69. The van der Waals surface area contributed by atoms with Crippen molar-refractivity contribution >= 4 is 28.8 Å². The van der Waals surface area contributed by atoms with Crippen LogP contribution in [0, 0.1) is 0 Å². The maximum absolute atomic E-state index is 11.7. The Bertz CT molecular complexity index is 377. The maximum atomic E-state index is 11.7. The molecule has 1 aromatic rings. The highest BCUT2D eigenvalue weighted by Crippen LogP contribution is 2.20. The second kappa shape index (κ2) is 6.35. The molecule has 94 valence electrons. The van der Waals surface area contributed by atoms with Gasteiger partial charge < -0.3 is 10.1 Å². The van der Waals surface area contributed by atoms with E-state index >= 15 is 0 Å². The fourth-order valence-electron chi connectivity index (χ4n) is 1.68. The van der Waals surface area contributed by atoms with Gasteiger partial charge in [0.1, 0.15) is 0 Å². The topological polar surface area (TPSA) is 41.6 Å². The van der Waals surface area contributed by atoms with Gasteiger partial charge in [-0.15, -0.1) is 11.3 Å². The minimum atomic E-state index is -0.0461. The van der Waals surface area contributed by atoms with E-state index in [1.54, 1.807) is 12.1 Å². The van der Waals surface area contributed by atoms with Crippen molar-refractivity contribution in [1.82, 2.24) is 10.2 Å². The predicted octanol–water partition coefficient (Wildman–Crippen LogP) is 1.46. The molecule has 0 aliphatic carbocycles. The second-order valence-electron chi connectivity index (χ2n) is 3.81. The Morgan fingerprint density at radius 3 is 2.88 bits per heavy atom. The number of amides is 1. The van der Waals surface area contributed by atoms with Gasteiger partial charge in [0.25, 0.3) is 5.91 Å². The monoisotopic (exact) mass is 274 g/mol. The van der Waals surface area contributed by atoms with Crippen LogP contribution in [0.25, 0.3) is 0 Å². The summed E-state index contributed by atoms with van der Waals surface area (Å²) in [7, 11) is 0. The van der Waals surface area contributed by atoms with E-state index < -0.39 is 0 Å². The lowest BCUT2D eigenvalue weighted by Crippen LogP contribution is -2.41. The molecule has 0 atom stereocenters. The molecule has 1 saturated heterocycles. The molecule has 2 heterocycles. The number of ether oxygens (including phenoxy) is 1. The van der Waals surface area contributed by atoms with E-state index in [1.807, 2.05) is 0 Å². The first-order chi connectivity index (χ1) is 8.25. The molecular formula is C11H15ClN2O2S. The minimum Gasteiger partial charge on any atom is -0.379 e. The quantitative estimate of drug-likeness (QED) is 0.904. The standard InChI is InChI=1S/C11H15ClN2O2S/c12-10-2-1-9(17-10)11(15)13-3-4-14-5-7-16-8-6-14/h1-2H,3-8H2,(H,13,15). The summed E-state index contributed by atoms with van der Waals surface area (Å²) in [6.07, 6.45) is 0. The minimum absolute atomic E-state index is 0.0461. The molecule has 4 nitrogen and oxygen atoms in total. The van der Waals surface area contributed by atoms with Gasteiger partial charge in [-0.05, 0) is 12.1 Å². The third kappa shape index (κ3) is 3.96. The summed E-state index contributed by atoms with van der Waals surface area (Å²) in [5.74, 6) is -0.0461. The number of carbonyl (C=O) groups is 1. The second-order valence-corrected chi connectivity index (χ2v) is 5.53. The van der Waals surface area contributed by atoms with Crippen molar-refractivity contribution in [3.63, 3.8) is 0 Å². The number of hydrogen-bond donors (Lipinski definition) is 1. The van der Waals surface area contributed by atoms with Gasteiger partial charge in [0, 0.05) is 26.2 Å². The van der Waals surface area contributed by atoms with Crippen LogP contribution in [-0.4, -0.2) is 50.2 Å². The average molecular weight is 275 g/mol. The summed E-state index contributed by atoms with van der Waals surface area (Å²) in [5, 5.41) is 2.89. The van der Waals surface area contributed by atoms with Crippen molar-refractivity contribution in [2.45, 2.75) is 0 Å². The predicted molar refractivity (Wildman–Crippen MR) is 68.9 cm³/mol. The highest BCUT2D eigenvalue weighted by atomic mass is 35.5. The van der Waals surface area contributed by atoms with Gasteiger partial charge in [-0.3, -0.25) is 9.69 Å². The molecule has 0 radical (unpaired) electrons. The van der Waals surface area contributed by atoms with Crippen LogP contribution in [-0.2, 0) is 4.74 Å². The average Bonchev–Trinajstić information content (AvgIpc) is 2.77. The third-order valence-electron chi connectivity index (χ3n) is 2.61. The number of hydrogen-bond acceptors (Lipinski definition) is 4. The molecule has 1 aliphatic heterocycles. The highest BCUT2D eigenvalue weighted by Gasteiger charge is 2.11. The summed E-state index contributed by atoms with van der Waals surface area (Å²) in [5.41, 5.74) is 0. The Morgan fingerprint density at radius 2 is 2.24 bits per heavy atom. The highest BCUT2D eigenvalue weighted by molar-refractivity contribution is 7.17. The molecule has 0 unspecified atom stereocenters. The van der Waals surface area contributed by atoms with Gasteiger partial charge in [0.2, 0.25) is 0 Å². The molecule has 1 N–H and O–H groups in total. The van der Waals surface area contributed by atoms with E-state index in [4.69, 9.17) is 16.3 Å². The van der Waals surface area contributed by atoms with Gasteiger partial charge in [0.05, 0.1) is 22.4 Å². The number of nitrogens with one attached hydrogen (secondary N) is 1. The van der Waals surface area contributed by atoms with Crippen molar-refractivity contribution in [2.24, 2.45) is 0 Å². The summed E-state index contributed by atoms with van der Waals surface area (Å²) in [6.45, 7) is 4.99. The maximum Gasteiger partial charge on any atom is 0.261 e. The molecule has 1 fully saturated rings. The van der Waals surface area contributed by atoms with Crippen LogP contribution in [0.5, 0.6) is 0 Å². The molecule has 6 heteroatoms. The van der Waals surface area contributed by atoms with E-state index in [1.165, 1.54) is 11.3 Å². The van der Waals surface area contributed by atoms with Crippen molar-refractivity contribution in [1.29, 1.82) is 0 Å². The molecule has 17 heavy (non-hydrogen) atoms. The molecule has 1 amide bonds. The van der Waals surface area contributed by atoms with Crippen LogP contribution >= 0.6 is 22.9 Å². The van der Waals surface area contributed by atoms with Crippen molar-refractivity contribution in [2.75, 3.05) is 39.4 Å². The van der Waals surface area contributed by atoms with E-state index in [2.05, 4.69) is 10.2 Å². The first-order valence-corrected chi connectivity index (χ1v) is 6.79. The fraction of sp³-hybridized carbons (Fsp3) is 0.545. The van der Waals surface area contributed by atoms with Gasteiger partial charge in [-0.2, -0.15) is 0 Å². The number of rotatable bonds is 4. The lowest BCUT2D eigenvalue weighted by atomic mass is 10.4. The smallest absolute Gasteiger partial charge is 0.261 e. The molecule has 0 saturated carbocycles. The molecule has 1 aliphatic rings. The van der Waals surface area contributed by atoms with E-state index in [9.17, 15) is 4.79 Å². The number of halogens is 1. The molecule has 2 rings (SSSR count). The van der Waals surface area contributed by atoms with Gasteiger partial charge in [-0.25, -0.2) is 0 Å². The van der Waals surface area contributed by atoms with Crippen LogP contribution in [0.15, 0.2) is 12.1 Å². The van der Waals surface area contributed by atoms with Crippen molar-refractivity contribution in [3.05, 3.63) is 21.3 Å². The molecule has 1 aromatic heterocycles. The van der Waals surface area contributed by atoms with Gasteiger partial charge in [-0.1, -0.05) is 11.6 Å². The molecule has 0 spiro atoms. The summed E-state index contributed by atoms with van der Waals surface area (Å²) >= 11 is 7.08. The molecular weight excluding hydrogens is 260 g/mol. The first-order valence-electron chi connectivity index (χ1n) is 5.59. The van der Waals surface area contributed by atoms with E-state index in [-0.39, 0.29) is 5.91 Å². The summed E-state index contributed by atoms with van der Waals surface area (Å²) in [6, 6.07) is 3.49. The normalized spacial score (nSPS) is 17.0. The number of thiophene rings is 1. The Kier molecular flexibility index (Phi) is 4.79. The zero-order valence-corrected chi connectivity index (χ0v) is 11.0. The Morgan fingerprint density at radius 1 is 1.47 bits per heavy atom. The lowest BCUT2D eigenvalue weighted by Gasteiger charge is -2.26. The Hall–Kier alpha value is -0.620. The van der Waals surface area contributed by atoms with Crippen molar-refractivity contribution < 1.29 is 9.53 Å². The zero-order chi connectivity index (χ0) is 12.1. The zero-order valence-electron chi connectivity index (χ0n) is 9.45. The van der Waals surface area contributed by atoms with Crippen LogP contribution < -0.4 is 5.32 Å². The van der Waals surface area contributed by atoms with E-state index in [0.717, 1.165) is 32.8 Å². The number of morpholine rings is 1. The largest absolute Gasteiger partial charge is 0.379 e.